The zero-order chi connectivity index (χ0) is 14.3. The molecule has 0 aromatic carbocycles. The lowest BCUT2D eigenvalue weighted by atomic mass is 9.98. The summed E-state index contributed by atoms with van der Waals surface area (Å²) in [5, 5.41) is 3.59. The number of ether oxygens (including phenoxy) is 2. The van der Waals surface area contributed by atoms with Crippen molar-refractivity contribution in [1.29, 1.82) is 0 Å². The van der Waals surface area contributed by atoms with Crippen molar-refractivity contribution in [2.24, 2.45) is 5.92 Å². The first-order valence-electron chi connectivity index (χ1n) is 7.70. The van der Waals surface area contributed by atoms with Crippen LogP contribution in [0, 0.1) is 5.92 Å². The summed E-state index contributed by atoms with van der Waals surface area (Å²) in [6, 6.07) is 1.60. The molecule has 6 nitrogen and oxygen atoms in total. The van der Waals surface area contributed by atoms with Crippen LogP contribution in [0.3, 0.4) is 0 Å². The average Bonchev–Trinajstić information content (AvgIpc) is 2.96. The Balaban J connectivity index is 1.34. The molecule has 0 bridgehead atoms. The van der Waals surface area contributed by atoms with E-state index >= 15 is 0 Å². The van der Waals surface area contributed by atoms with Gasteiger partial charge in [-0.1, -0.05) is 5.16 Å². The van der Waals surface area contributed by atoms with Crippen molar-refractivity contribution in [3.05, 3.63) is 18.0 Å². The van der Waals surface area contributed by atoms with Crippen molar-refractivity contribution in [3.63, 3.8) is 0 Å². The van der Waals surface area contributed by atoms with Crippen LogP contribution in [-0.2, 0) is 9.47 Å². The molecule has 1 spiro atoms. The van der Waals surface area contributed by atoms with E-state index in [4.69, 9.17) is 14.0 Å². The molecule has 1 aromatic rings. The standard InChI is InChI=1S/C15H20N2O4/c18-14(13-3-5-16-21-13)17-6-4-15(10-17)7-12(9-20-15)19-8-11-1-2-11/h3,5,11-12H,1-2,4,6-10H2. The van der Waals surface area contributed by atoms with Crippen molar-refractivity contribution in [3.8, 4) is 0 Å². The van der Waals surface area contributed by atoms with E-state index in [-0.39, 0.29) is 17.6 Å². The van der Waals surface area contributed by atoms with Crippen LogP contribution >= 0.6 is 0 Å². The van der Waals surface area contributed by atoms with E-state index in [1.54, 1.807) is 11.0 Å². The molecule has 2 saturated heterocycles. The number of amides is 1. The fourth-order valence-electron chi connectivity index (χ4n) is 3.25. The Morgan fingerprint density at radius 3 is 3.19 bits per heavy atom. The molecule has 4 rings (SSSR count). The molecular weight excluding hydrogens is 272 g/mol. The van der Waals surface area contributed by atoms with Crippen LogP contribution in [0.1, 0.15) is 36.2 Å². The Kier molecular flexibility index (Phi) is 3.23. The molecule has 2 atom stereocenters. The SMILES string of the molecule is O=C(c1ccno1)N1CCC2(CC(OCC3CC3)CO2)C1. The van der Waals surface area contributed by atoms with Gasteiger partial charge in [0.25, 0.3) is 5.91 Å². The minimum absolute atomic E-state index is 0.102. The third kappa shape index (κ3) is 2.70. The molecule has 1 amide bonds. The smallest absolute Gasteiger partial charge is 0.292 e. The topological polar surface area (TPSA) is 64.8 Å². The van der Waals surface area contributed by atoms with Crippen molar-refractivity contribution in [2.75, 3.05) is 26.3 Å². The summed E-state index contributed by atoms with van der Waals surface area (Å²) in [4.78, 5) is 14.1. The van der Waals surface area contributed by atoms with Crippen molar-refractivity contribution in [1.82, 2.24) is 10.1 Å². The maximum atomic E-state index is 12.3. The highest BCUT2D eigenvalue weighted by atomic mass is 16.6. The minimum Gasteiger partial charge on any atom is -0.375 e. The van der Waals surface area contributed by atoms with Gasteiger partial charge in [-0.3, -0.25) is 4.79 Å². The van der Waals surface area contributed by atoms with Crippen LogP contribution in [0.4, 0.5) is 0 Å². The Hall–Kier alpha value is -1.40. The summed E-state index contributed by atoms with van der Waals surface area (Å²) in [5.41, 5.74) is -0.218. The van der Waals surface area contributed by atoms with Gasteiger partial charge in [0.2, 0.25) is 5.76 Å². The predicted octanol–water partition coefficient (Wildman–Crippen LogP) is 1.47. The van der Waals surface area contributed by atoms with Crippen LogP contribution in [0.25, 0.3) is 0 Å². The summed E-state index contributed by atoms with van der Waals surface area (Å²) in [6.07, 6.45) is 6.05. The molecule has 21 heavy (non-hydrogen) atoms. The quantitative estimate of drug-likeness (QED) is 0.841. The first kappa shape index (κ1) is 13.3. The number of rotatable bonds is 4. The molecule has 3 aliphatic rings. The van der Waals surface area contributed by atoms with Gasteiger partial charge < -0.3 is 18.9 Å². The number of nitrogens with zero attached hydrogens (tertiary/aromatic N) is 2. The highest BCUT2D eigenvalue weighted by Gasteiger charge is 2.47. The maximum Gasteiger partial charge on any atom is 0.292 e. The molecule has 0 N–H and O–H groups in total. The number of aromatic nitrogens is 1. The van der Waals surface area contributed by atoms with Crippen molar-refractivity contribution >= 4 is 5.91 Å². The summed E-state index contributed by atoms with van der Waals surface area (Å²) >= 11 is 0. The van der Waals surface area contributed by atoms with E-state index < -0.39 is 0 Å². The van der Waals surface area contributed by atoms with E-state index in [1.165, 1.54) is 19.0 Å². The Morgan fingerprint density at radius 1 is 1.52 bits per heavy atom. The molecule has 3 fully saturated rings. The lowest BCUT2D eigenvalue weighted by Gasteiger charge is -2.22. The summed E-state index contributed by atoms with van der Waals surface area (Å²) in [6.45, 7) is 2.84. The molecule has 114 valence electrons. The average molecular weight is 292 g/mol. The second-order valence-corrected chi connectivity index (χ2v) is 6.45. The summed E-state index contributed by atoms with van der Waals surface area (Å²) < 4.78 is 16.9. The third-order valence-electron chi connectivity index (χ3n) is 4.69. The lowest BCUT2D eigenvalue weighted by molar-refractivity contribution is 0.00133. The van der Waals surface area contributed by atoms with E-state index in [1.807, 2.05) is 0 Å². The van der Waals surface area contributed by atoms with Gasteiger partial charge >= 0.3 is 0 Å². The van der Waals surface area contributed by atoms with Crippen LogP contribution in [-0.4, -0.2) is 54.0 Å². The third-order valence-corrected chi connectivity index (χ3v) is 4.69. The lowest BCUT2D eigenvalue weighted by Crippen LogP contribution is -2.36. The molecule has 1 saturated carbocycles. The first-order chi connectivity index (χ1) is 10.2. The zero-order valence-corrected chi connectivity index (χ0v) is 12.0. The molecular formula is C15H20N2O4. The normalized spacial score (nSPS) is 32.2. The van der Waals surface area contributed by atoms with Gasteiger partial charge in [0.1, 0.15) is 0 Å². The van der Waals surface area contributed by atoms with Gasteiger partial charge in [0.15, 0.2) is 0 Å². The van der Waals surface area contributed by atoms with Crippen molar-refractivity contribution < 1.29 is 18.8 Å². The second-order valence-electron chi connectivity index (χ2n) is 6.45. The monoisotopic (exact) mass is 292 g/mol. The second kappa shape index (κ2) is 5.10. The van der Waals surface area contributed by atoms with E-state index in [0.29, 0.717) is 25.5 Å². The number of carbonyl (C=O) groups excluding carboxylic acids is 1. The molecule has 6 heteroatoms. The maximum absolute atomic E-state index is 12.3. The fraction of sp³-hybridized carbons (Fsp3) is 0.733. The summed E-state index contributed by atoms with van der Waals surface area (Å²) in [7, 11) is 0. The van der Waals surface area contributed by atoms with Gasteiger partial charge in [-0.2, -0.15) is 0 Å². The van der Waals surface area contributed by atoms with E-state index in [0.717, 1.165) is 25.4 Å². The van der Waals surface area contributed by atoms with Gasteiger partial charge in [0, 0.05) is 25.6 Å². The van der Waals surface area contributed by atoms with Crippen molar-refractivity contribution in [2.45, 2.75) is 37.4 Å². The Morgan fingerprint density at radius 2 is 2.43 bits per heavy atom. The highest BCUT2D eigenvalue weighted by molar-refractivity contribution is 5.91. The van der Waals surface area contributed by atoms with Gasteiger partial charge in [0.05, 0.1) is 31.1 Å². The van der Waals surface area contributed by atoms with Gasteiger partial charge in [-0.25, -0.2) is 0 Å². The van der Waals surface area contributed by atoms with E-state index in [2.05, 4.69) is 5.16 Å². The Bertz CT molecular complexity index is 514. The molecule has 0 radical (unpaired) electrons. The van der Waals surface area contributed by atoms with Crippen LogP contribution in [0.2, 0.25) is 0 Å². The number of hydrogen-bond acceptors (Lipinski definition) is 5. The van der Waals surface area contributed by atoms with Gasteiger partial charge in [-0.15, -0.1) is 0 Å². The summed E-state index contributed by atoms with van der Waals surface area (Å²) in [5.74, 6) is 0.969. The number of likely N-dealkylation sites (tertiary alicyclic amines) is 1. The highest BCUT2D eigenvalue weighted by Crippen LogP contribution is 2.38. The zero-order valence-electron chi connectivity index (χ0n) is 12.0. The van der Waals surface area contributed by atoms with Crippen LogP contribution in [0.15, 0.2) is 16.8 Å². The number of hydrogen-bond donors (Lipinski definition) is 0. The Labute approximate surface area is 123 Å². The largest absolute Gasteiger partial charge is 0.375 e. The molecule has 1 aromatic heterocycles. The first-order valence-corrected chi connectivity index (χ1v) is 7.70. The van der Waals surface area contributed by atoms with Crippen LogP contribution in [0.5, 0.6) is 0 Å². The van der Waals surface area contributed by atoms with Gasteiger partial charge in [-0.05, 0) is 25.2 Å². The molecule has 2 aliphatic heterocycles. The predicted molar refractivity (Wildman–Crippen MR) is 72.8 cm³/mol. The fourth-order valence-corrected chi connectivity index (χ4v) is 3.25. The van der Waals surface area contributed by atoms with E-state index in [9.17, 15) is 4.79 Å². The molecule has 1 aliphatic carbocycles. The number of carbonyl (C=O) groups is 1. The molecule has 2 unspecified atom stereocenters. The minimum atomic E-state index is -0.218. The molecule has 3 heterocycles. The van der Waals surface area contributed by atoms with Crippen LogP contribution < -0.4 is 0 Å².